The highest BCUT2D eigenvalue weighted by atomic mass is 19.0. The van der Waals surface area contributed by atoms with Gasteiger partial charge in [0, 0.05) is 153 Å². The summed E-state index contributed by atoms with van der Waals surface area (Å²) in [7, 11) is 14.3. The summed E-state index contributed by atoms with van der Waals surface area (Å²) in [5, 5.41) is 23.3. The maximum absolute atomic E-state index is 13.6. The smallest absolute Gasteiger partial charge is 0.415 e. The molecule has 10 amide bonds. The zero-order valence-corrected chi connectivity index (χ0v) is 88.4. The minimum atomic E-state index is -0.836. The maximum atomic E-state index is 13.6. The van der Waals surface area contributed by atoms with E-state index in [4.69, 9.17) is 66.7 Å². The number of aliphatic carboxylic acids is 1. The van der Waals surface area contributed by atoms with E-state index in [2.05, 4.69) is 109 Å². The lowest BCUT2D eigenvalue weighted by Gasteiger charge is -2.42. The number of carbonyl (C=O) groups is 11. The summed E-state index contributed by atoms with van der Waals surface area (Å²) in [6.45, 7) is 32.6. The molecule has 6 rings (SSSR count). The number of halogens is 1. The molecule has 0 aliphatic carbocycles. The molecule has 3 aliphatic rings. The molecular formula is C103H169FN12O26. The number of allylic oxidation sites excluding steroid dienone is 6. The van der Waals surface area contributed by atoms with Gasteiger partial charge in [-0.15, -0.1) is 0 Å². The van der Waals surface area contributed by atoms with Gasteiger partial charge in [-0.2, -0.15) is 0 Å². The molecule has 6 N–H and O–H groups in total. The van der Waals surface area contributed by atoms with Gasteiger partial charge in [0.2, 0.25) is 29.5 Å². The van der Waals surface area contributed by atoms with E-state index in [0.717, 1.165) is 74.5 Å². The lowest BCUT2D eigenvalue weighted by atomic mass is 10.1. The van der Waals surface area contributed by atoms with Crippen molar-refractivity contribution < 1.29 is 129 Å². The van der Waals surface area contributed by atoms with Crippen molar-refractivity contribution in [2.45, 2.75) is 228 Å². The maximum Gasteiger partial charge on any atom is 0.415 e. The number of ether oxygens (including phenoxy) is 14. The van der Waals surface area contributed by atoms with E-state index in [0.29, 0.717) is 185 Å². The molecular weight excluding hydrogens is 1840 g/mol. The van der Waals surface area contributed by atoms with E-state index in [9.17, 15) is 52.7 Å². The van der Waals surface area contributed by atoms with Gasteiger partial charge in [0.25, 0.3) is 0 Å². The first-order valence-electron chi connectivity index (χ1n) is 49.2. The molecule has 3 atom stereocenters. The summed E-state index contributed by atoms with van der Waals surface area (Å²) in [6, 6.07) is 14.5. The monoisotopic (exact) mass is 2010 g/mol. The molecule has 3 aromatic carbocycles. The highest BCUT2D eigenvalue weighted by molar-refractivity contribution is 5.80. The number of carboxylic acids is 1. The summed E-state index contributed by atoms with van der Waals surface area (Å²) in [5.74, 6) is 2.57. The van der Waals surface area contributed by atoms with Crippen LogP contribution in [-0.4, -0.2) is 337 Å². The molecule has 38 nitrogen and oxygen atoms in total. The van der Waals surface area contributed by atoms with E-state index < -0.39 is 53.7 Å². The molecule has 0 radical (unpaired) electrons. The van der Waals surface area contributed by atoms with E-state index in [-0.39, 0.29) is 110 Å². The summed E-state index contributed by atoms with van der Waals surface area (Å²) < 4.78 is 75.0. The number of benzene rings is 3. The van der Waals surface area contributed by atoms with Crippen LogP contribution in [0.2, 0.25) is 0 Å². The number of methoxy groups -OCH3 is 6. The third-order valence-electron chi connectivity index (χ3n) is 21.6. The fourth-order valence-corrected chi connectivity index (χ4v) is 14.2. The van der Waals surface area contributed by atoms with Gasteiger partial charge in [-0.25, -0.2) is 24.0 Å². The summed E-state index contributed by atoms with van der Waals surface area (Å²) in [5.41, 5.74) is 1.16. The fourth-order valence-electron chi connectivity index (χ4n) is 14.2. The number of nitrogens with one attached hydrogen (secondary N) is 5. The van der Waals surface area contributed by atoms with Crippen LogP contribution in [0.1, 0.15) is 196 Å². The van der Waals surface area contributed by atoms with E-state index in [1.165, 1.54) is 36.0 Å². The van der Waals surface area contributed by atoms with Crippen molar-refractivity contribution in [3.05, 3.63) is 108 Å². The predicted molar refractivity (Wildman–Crippen MR) is 541 cm³/mol. The van der Waals surface area contributed by atoms with Gasteiger partial charge in [0.1, 0.15) is 11.2 Å². The van der Waals surface area contributed by atoms with Crippen LogP contribution in [0.5, 0.6) is 34.5 Å². The lowest BCUT2D eigenvalue weighted by Crippen LogP contribution is -2.60. The number of hydrogen-bond acceptors (Lipinski definition) is 27. The van der Waals surface area contributed by atoms with Crippen molar-refractivity contribution in [1.29, 1.82) is 0 Å². The third kappa shape index (κ3) is 55.6. The van der Waals surface area contributed by atoms with Crippen molar-refractivity contribution in [2.24, 2.45) is 17.8 Å². The Balaban J connectivity index is 0.000000685. The van der Waals surface area contributed by atoms with Gasteiger partial charge < -0.3 is 127 Å². The van der Waals surface area contributed by atoms with Crippen LogP contribution in [0.3, 0.4) is 0 Å². The summed E-state index contributed by atoms with van der Waals surface area (Å²) in [4.78, 5) is 149. The number of unbranched alkanes of at least 4 members (excludes halogenated alkanes) is 6. The Hall–Kier alpha value is -10.9. The standard InChI is InChI=1S/C36H58N4O9.C31H50N4O7.C30H48N4O6.C6H12O4.FH/c1-27(2)13-11-9-10-12-14-32(41)37-24-28-15-16-30(31(23-28)46-8)48-35(44)40-19-18-39(33(42)17-20-47-22-21-45-7)26-29(40)25-38(6)34(43)49-36(3,4)5;1-24(2)10-8-6-7-9-11-29(36)33-21-25-12-13-27(28(20-25)40-5)42-31(38)35-16-15-34(23-26(35)22-32-3)30(37)14-17-41-19-18-39-4;1-22(2)12-10-8-9-11-13-27(35)32-19-23-14-15-25(26(18-23)38-7)39-29(37)34-17-16-31-20-24(34)21-33(6)28(36)40-30(3,4)5;1-9-4-5-10-3-2-6(7)8;/h11,13,15-16,23,27,29H,9-10,12,14,17-22,24-26H2,1-8H3,(H,37,41);8,10,12-13,20,24,26,32H,6-7,9,11,14-19,21-23H2,1-5H3,(H,33,36);10,12,14-15,18,22,24,31H,8-9,11,13,16-17,19-21H2,1-7H3,(H,32,35);2-5H2,1H3,(H,7,8);1H/b13-11+;10-8+;12-10+;;. The van der Waals surface area contributed by atoms with E-state index in [1.54, 1.807) is 137 Å². The molecule has 0 bridgehead atoms. The number of piperazine rings is 3. The average Bonchev–Trinajstić information content (AvgIpc) is 0.810. The third-order valence-corrected chi connectivity index (χ3v) is 21.6. The van der Waals surface area contributed by atoms with Crippen LogP contribution in [0.25, 0.3) is 0 Å². The van der Waals surface area contributed by atoms with Crippen molar-refractivity contribution in [1.82, 2.24) is 60.9 Å². The molecule has 39 heteroatoms. The Bertz CT molecular complexity index is 4280. The van der Waals surface area contributed by atoms with Crippen molar-refractivity contribution >= 4 is 66.0 Å². The van der Waals surface area contributed by atoms with Crippen LogP contribution in [-0.2, 0) is 86.3 Å². The Labute approximate surface area is 841 Å². The zero-order chi connectivity index (χ0) is 105. The van der Waals surface area contributed by atoms with E-state index >= 15 is 0 Å². The first-order chi connectivity index (χ1) is 67.2. The van der Waals surface area contributed by atoms with E-state index in [1.807, 2.05) is 20.8 Å². The molecule has 142 heavy (non-hydrogen) atoms. The van der Waals surface area contributed by atoms with Gasteiger partial charge in [0.15, 0.2) is 34.5 Å². The summed E-state index contributed by atoms with van der Waals surface area (Å²) in [6.07, 6.45) is 20.7. The molecule has 3 fully saturated rings. The molecule has 3 aromatic rings. The fraction of sp³-hybridized carbons (Fsp3) is 0.660. The minimum Gasteiger partial charge on any atom is -0.493 e. The minimum absolute atomic E-state index is 0. The first-order valence-corrected chi connectivity index (χ1v) is 49.2. The molecule has 0 aromatic heterocycles. The normalized spacial score (nSPS) is 14.8. The van der Waals surface area contributed by atoms with Crippen LogP contribution >= 0.6 is 0 Å². The molecule has 0 spiro atoms. The molecule has 3 aliphatic heterocycles. The second-order valence-corrected chi connectivity index (χ2v) is 37.3. The van der Waals surface area contributed by atoms with Crippen LogP contribution in [0.4, 0.5) is 28.7 Å². The molecule has 804 valence electrons. The molecule has 3 unspecified atom stereocenters. The first kappa shape index (κ1) is 127. The predicted octanol–water partition coefficient (Wildman–Crippen LogP) is 13.4. The van der Waals surface area contributed by atoms with Crippen LogP contribution in [0.15, 0.2) is 91.1 Å². The average molecular weight is 2010 g/mol. The number of hydrogen-bond donors (Lipinski definition) is 6. The van der Waals surface area contributed by atoms with Crippen LogP contribution < -0.4 is 55.0 Å². The Morgan fingerprint density at radius 2 is 0.761 bits per heavy atom. The number of nitrogens with zero attached hydrogens (tertiary/aromatic N) is 7. The number of carboxylic acid groups (broad SMARTS) is 1. The number of rotatable bonds is 54. The lowest BCUT2D eigenvalue weighted by molar-refractivity contribution is -0.138. The quantitative estimate of drug-likeness (QED) is 0.0226. The van der Waals surface area contributed by atoms with Crippen molar-refractivity contribution in [2.75, 3.05) is 202 Å². The van der Waals surface area contributed by atoms with Gasteiger partial charge in [-0.1, -0.05) is 96.2 Å². The second kappa shape index (κ2) is 72.3. The number of amides is 10. The highest BCUT2D eigenvalue weighted by Gasteiger charge is 2.39. The Kier molecular flexibility index (Phi) is 64.8. The topological polar surface area (TPSA) is 420 Å². The van der Waals surface area contributed by atoms with Gasteiger partial charge >= 0.3 is 36.4 Å². The SMILES string of the molecule is CNCC1CN(C(=O)CCOCCOC)CCN1C(=O)Oc1ccc(CNC(=O)CCCC/C=C/C(C)C)cc1OC.COCCOCCC(=O)N1CCN(C(=O)Oc2ccc(CNC(=O)CCCC/C=C/C(C)C)cc2OC)C(CN(C)C(=O)OC(C)(C)C)C1.COCCOCCC(=O)O.COc1cc(CNC(=O)CCCC/C=C/C(C)C)ccc1OC(=O)N1CCNCC1CN(C)C(=O)OC(C)(C)C.F. The molecule has 3 heterocycles. The Morgan fingerprint density at radius 1 is 0.430 bits per heavy atom. The number of likely N-dealkylation sites (N-methyl/N-ethyl adjacent to an activating group) is 3. The van der Waals surface area contributed by atoms with Gasteiger partial charge in [0.05, 0.1) is 118 Å². The largest absolute Gasteiger partial charge is 0.493 e. The number of carbonyl (C=O) groups excluding carboxylic acids is 10. The van der Waals surface area contributed by atoms with Gasteiger partial charge in [-0.05, 0) is 177 Å². The van der Waals surface area contributed by atoms with Crippen LogP contribution in [0, 0.1) is 17.8 Å². The molecule has 3 saturated heterocycles. The molecule has 0 saturated carbocycles. The Morgan fingerprint density at radius 3 is 1.08 bits per heavy atom. The van der Waals surface area contributed by atoms with Gasteiger partial charge in [-0.3, -0.25) is 38.4 Å². The highest BCUT2D eigenvalue weighted by Crippen LogP contribution is 2.33. The second-order valence-electron chi connectivity index (χ2n) is 37.3. The zero-order valence-electron chi connectivity index (χ0n) is 88.4. The summed E-state index contributed by atoms with van der Waals surface area (Å²) >= 11 is 0. The van der Waals surface area contributed by atoms with Crippen molar-refractivity contribution in [3.8, 4) is 34.5 Å². The van der Waals surface area contributed by atoms with Crippen molar-refractivity contribution in [3.63, 3.8) is 0 Å².